The van der Waals surface area contributed by atoms with Crippen LogP contribution in [0.5, 0.6) is 0 Å². The lowest BCUT2D eigenvalue weighted by Gasteiger charge is -2.34. The number of nitrogens with zero attached hydrogens (tertiary/aromatic N) is 3. The van der Waals surface area contributed by atoms with Crippen molar-refractivity contribution in [3.63, 3.8) is 0 Å². The van der Waals surface area contributed by atoms with Crippen LogP contribution in [-0.2, 0) is 30.8 Å². The lowest BCUT2D eigenvalue weighted by atomic mass is 9.84. The Bertz CT molecular complexity index is 852. The zero-order valence-electron chi connectivity index (χ0n) is 16.5. The lowest BCUT2D eigenvalue weighted by Crippen LogP contribution is -2.43. The van der Waals surface area contributed by atoms with Crippen LogP contribution in [0, 0.1) is 5.92 Å². The molecule has 148 valence electrons. The first-order valence-corrected chi connectivity index (χ1v) is 10.4. The van der Waals surface area contributed by atoms with Gasteiger partial charge >= 0.3 is 0 Å². The summed E-state index contributed by atoms with van der Waals surface area (Å²) < 4.78 is 1.96. The number of aryl methyl sites for hydroxylation is 1. The second-order valence-electron chi connectivity index (χ2n) is 7.87. The Labute approximate surface area is 165 Å². The first-order valence-electron chi connectivity index (χ1n) is 10.4. The van der Waals surface area contributed by atoms with E-state index in [0.29, 0.717) is 24.6 Å². The highest BCUT2D eigenvalue weighted by Gasteiger charge is 2.31. The van der Waals surface area contributed by atoms with Crippen molar-refractivity contribution in [2.75, 3.05) is 6.54 Å². The van der Waals surface area contributed by atoms with Crippen molar-refractivity contribution < 1.29 is 9.59 Å². The molecule has 6 nitrogen and oxygen atoms in total. The Balaban J connectivity index is 1.33. The molecule has 28 heavy (non-hydrogen) atoms. The molecule has 2 aliphatic rings. The van der Waals surface area contributed by atoms with E-state index in [0.717, 1.165) is 50.2 Å². The second kappa shape index (κ2) is 8.17. The van der Waals surface area contributed by atoms with Crippen molar-refractivity contribution in [2.24, 2.45) is 5.92 Å². The molecule has 6 heteroatoms. The average molecular weight is 380 g/mol. The van der Waals surface area contributed by atoms with Crippen LogP contribution in [0.4, 0.5) is 0 Å². The van der Waals surface area contributed by atoms with Gasteiger partial charge in [0, 0.05) is 18.0 Å². The highest BCUT2D eigenvalue weighted by molar-refractivity contribution is 5.94. The zero-order valence-corrected chi connectivity index (χ0v) is 16.5. The maximum absolute atomic E-state index is 12.5. The van der Waals surface area contributed by atoms with Crippen molar-refractivity contribution in [1.82, 2.24) is 20.0 Å². The van der Waals surface area contributed by atoms with Crippen molar-refractivity contribution in [3.8, 4) is 0 Å². The lowest BCUT2D eigenvalue weighted by molar-refractivity contribution is -0.139. The fourth-order valence-corrected chi connectivity index (χ4v) is 3.90. The summed E-state index contributed by atoms with van der Waals surface area (Å²) >= 11 is 0. The quantitative estimate of drug-likeness (QED) is 0.838. The maximum Gasteiger partial charge on any atom is 0.251 e. The Morgan fingerprint density at radius 1 is 1.18 bits per heavy atom. The summed E-state index contributed by atoms with van der Waals surface area (Å²) in [5.74, 6) is 0.438. The number of hydrogen-bond acceptors (Lipinski definition) is 3. The Kier molecular flexibility index (Phi) is 5.46. The largest absolute Gasteiger partial charge is 0.346 e. The fourth-order valence-electron chi connectivity index (χ4n) is 3.90. The number of rotatable bonds is 6. The van der Waals surface area contributed by atoms with Gasteiger partial charge in [-0.25, -0.2) is 0 Å². The van der Waals surface area contributed by atoms with Gasteiger partial charge in [0.05, 0.1) is 31.0 Å². The Morgan fingerprint density at radius 2 is 1.96 bits per heavy atom. The molecule has 2 aromatic rings. The van der Waals surface area contributed by atoms with Crippen molar-refractivity contribution in [2.45, 2.75) is 58.7 Å². The van der Waals surface area contributed by atoms with E-state index in [1.54, 1.807) is 0 Å². The van der Waals surface area contributed by atoms with Crippen LogP contribution >= 0.6 is 0 Å². The third kappa shape index (κ3) is 3.96. The standard InChI is InChI=1S/C22H28N4O2/c1-2-4-16-7-9-17(10-8-16)21(27)23-14-19-13-20-15-25(11-12-26(20)24-19)22(28)18-5-3-6-18/h7-10,13,18H,2-6,11-12,14-15H2,1H3,(H,23,27). The van der Waals surface area contributed by atoms with Crippen LogP contribution in [0.25, 0.3) is 0 Å². The predicted octanol–water partition coefficient (Wildman–Crippen LogP) is 2.91. The molecule has 1 aliphatic carbocycles. The van der Waals surface area contributed by atoms with E-state index in [-0.39, 0.29) is 11.8 Å². The Morgan fingerprint density at radius 3 is 2.64 bits per heavy atom. The molecule has 2 heterocycles. The summed E-state index contributed by atoms with van der Waals surface area (Å²) in [6, 6.07) is 9.79. The summed E-state index contributed by atoms with van der Waals surface area (Å²) in [7, 11) is 0. The average Bonchev–Trinajstić information content (AvgIpc) is 3.07. The van der Waals surface area contributed by atoms with E-state index in [1.807, 2.05) is 39.9 Å². The molecule has 0 bridgehead atoms. The molecule has 1 aromatic carbocycles. The van der Waals surface area contributed by atoms with E-state index in [9.17, 15) is 9.59 Å². The minimum absolute atomic E-state index is 0.0872. The normalized spacial score (nSPS) is 16.4. The van der Waals surface area contributed by atoms with Gasteiger partial charge < -0.3 is 10.2 Å². The summed E-state index contributed by atoms with van der Waals surface area (Å²) in [5, 5.41) is 7.54. The third-order valence-corrected chi connectivity index (χ3v) is 5.80. The third-order valence-electron chi connectivity index (χ3n) is 5.80. The highest BCUT2D eigenvalue weighted by atomic mass is 16.2. The van der Waals surface area contributed by atoms with Crippen molar-refractivity contribution in [1.29, 1.82) is 0 Å². The molecule has 0 radical (unpaired) electrons. The number of fused-ring (bicyclic) bond motifs is 1. The summed E-state index contributed by atoms with van der Waals surface area (Å²) in [4.78, 5) is 26.8. The van der Waals surface area contributed by atoms with Gasteiger partial charge in [0.25, 0.3) is 5.91 Å². The first-order chi connectivity index (χ1) is 13.6. The molecular weight excluding hydrogens is 352 g/mol. The van der Waals surface area contributed by atoms with Crippen molar-refractivity contribution >= 4 is 11.8 Å². The minimum Gasteiger partial charge on any atom is -0.346 e. The molecule has 4 rings (SSSR count). The summed E-state index contributed by atoms with van der Waals surface area (Å²) in [6.45, 7) is 4.61. The molecule has 1 aromatic heterocycles. The van der Waals surface area contributed by atoms with Gasteiger partial charge in [-0.15, -0.1) is 0 Å². The van der Waals surface area contributed by atoms with E-state index >= 15 is 0 Å². The van der Waals surface area contributed by atoms with Crippen LogP contribution in [0.3, 0.4) is 0 Å². The number of carbonyl (C=O) groups excluding carboxylic acids is 2. The molecule has 0 saturated heterocycles. The molecular formula is C22H28N4O2. The van der Waals surface area contributed by atoms with Gasteiger partial charge in [-0.2, -0.15) is 5.10 Å². The number of hydrogen-bond donors (Lipinski definition) is 1. The first kappa shape index (κ1) is 18.7. The topological polar surface area (TPSA) is 67.2 Å². The van der Waals surface area contributed by atoms with E-state index in [2.05, 4.69) is 17.3 Å². The van der Waals surface area contributed by atoms with Crippen LogP contribution in [0.2, 0.25) is 0 Å². The number of benzene rings is 1. The van der Waals surface area contributed by atoms with Gasteiger partial charge in [-0.05, 0) is 43.0 Å². The van der Waals surface area contributed by atoms with Crippen LogP contribution in [0.1, 0.15) is 59.9 Å². The predicted molar refractivity (Wildman–Crippen MR) is 107 cm³/mol. The molecule has 0 unspecified atom stereocenters. The molecule has 0 atom stereocenters. The van der Waals surface area contributed by atoms with Gasteiger partial charge in [-0.3, -0.25) is 14.3 Å². The Hall–Kier alpha value is -2.63. The van der Waals surface area contributed by atoms with Crippen molar-refractivity contribution in [3.05, 3.63) is 52.8 Å². The second-order valence-corrected chi connectivity index (χ2v) is 7.87. The van der Waals surface area contributed by atoms with E-state index in [4.69, 9.17) is 0 Å². The highest BCUT2D eigenvalue weighted by Crippen LogP contribution is 2.29. The fraction of sp³-hybridized carbons (Fsp3) is 0.500. The molecule has 1 fully saturated rings. The maximum atomic E-state index is 12.5. The molecule has 1 N–H and O–H groups in total. The number of carbonyl (C=O) groups is 2. The summed E-state index contributed by atoms with van der Waals surface area (Å²) in [5.41, 5.74) is 3.80. The SMILES string of the molecule is CCCc1ccc(C(=O)NCc2cc3n(n2)CCN(C(=O)C2CCC2)C3)cc1. The molecule has 1 saturated carbocycles. The van der Waals surface area contributed by atoms with E-state index in [1.165, 1.54) is 12.0 Å². The monoisotopic (exact) mass is 380 g/mol. The number of aromatic nitrogens is 2. The molecule has 1 aliphatic heterocycles. The number of amides is 2. The van der Waals surface area contributed by atoms with Crippen LogP contribution in [-0.4, -0.2) is 33.0 Å². The van der Waals surface area contributed by atoms with E-state index < -0.39 is 0 Å². The van der Waals surface area contributed by atoms with Gasteiger partial charge in [-0.1, -0.05) is 31.9 Å². The van der Waals surface area contributed by atoms with Gasteiger partial charge in [0.15, 0.2) is 0 Å². The van der Waals surface area contributed by atoms with Gasteiger partial charge in [0.1, 0.15) is 0 Å². The zero-order chi connectivity index (χ0) is 19.5. The molecule has 0 spiro atoms. The number of nitrogens with one attached hydrogen (secondary N) is 1. The summed E-state index contributed by atoms with van der Waals surface area (Å²) in [6.07, 6.45) is 5.37. The molecule has 2 amide bonds. The minimum atomic E-state index is -0.0872. The smallest absolute Gasteiger partial charge is 0.251 e. The van der Waals surface area contributed by atoms with Crippen LogP contribution in [0.15, 0.2) is 30.3 Å². The van der Waals surface area contributed by atoms with Gasteiger partial charge in [0.2, 0.25) is 5.91 Å². The van der Waals surface area contributed by atoms with Crippen LogP contribution < -0.4 is 5.32 Å².